The van der Waals surface area contributed by atoms with E-state index in [-0.39, 0.29) is 18.0 Å². The van der Waals surface area contributed by atoms with Gasteiger partial charge < -0.3 is 16.0 Å². The van der Waals surface area contributed by atoms with Crippen molar-refractivity contribution in [2.45, 2.75) is 52.1 Å². The van der Waals surface area contributed by atoms with Gasteiger partial charge in [0, 0.05) is 12.6 Å². The van der Waals surface area contributed by atoms with Crippen molar-refractivity contribution in [3.8, 4) is 0 Å². The molecule has 1 amide bonds. The van der Waals surface area contributed by atoms with Crippen LogP contribution >= 0.6 is 0 Å². The van der Waals surface area contributed by atoms with Gasteiger partial charge in [0.1, 0.15) is 0 Å². The quantitative estimate of drug-likeness (QED) is 0.728. The van der Waals surface area contributed by atoms with Gasteiger partial charge in [-0.05, 0) is 45.2 Å². The molecule has 4 heteroatoms. The Bertz CT molecular complexity index is 237. The first-order valence-electron chi connectivity index (χ1n) is 6.77. The van der Waals surface area contributed by atoms with E-state index in [1.54, 1.807) is 0 Å². The standard InChI is InChI=1S/C13H27N3O/c1-10(2)8-12(14)13(17)15-11(3)9-16-6-4-5-7-16/h10-12H,4-9,14H2,1-3H3,(H,15,17)/t11?,12-/m0/s1. The van der Waals surface area contributed by atoms with Crippen LogP contribution in [0, 0.1) is 5.92 Å². The number of nitrogens with zero attached hydrogens (tertiary/aromatic N) is 1. The highest BCUT2D eigenvalue weighted by atomic mass is 16.2. The van der Waals surface area contributed by atoms with E-state index in [4.69, 9.17) is 5.73 Å². The fourth-order valence-electron chi connectivity index (χ4n) is 2.36. The van der Waals surface area contributed by atoms with Crippen molar-refractivity contribution in [2.75, 3.05) is 19.6 Å². The second-order valence-electron chi connectivity index (χ2n) is 5.65. The summed E-state index contributed by atoms with van der Waals surface area (Å²) in [6.45, 7) is 9.50. The summed E-state index contributed by atoms with van der Waals surface area (Å²) in [5.41, 5.74) is 5.85. The molecule has 0 spiro atoms. The number of amides is 1. The summed E-state index contributed by atoms with van der Waals surface area (Å²) in [5.74, 6) is 0.454. The van der Waals surface area contributed by atoms with Crippen LogP contribution in [0.15, 0.2) is 0 Å². The molecule has 17 heavy (non-hydrogen) atoms. The number of nitrogens with two attached hydrogens (primary N) is 1. The molecule has 1 fully saturated rings. The first kappa shape index (κ1) is 14.5. The minimum Gasteiger partial charge on any atom is -0.351 e. The summed E-state index contributed by atoms with van der Waals surface area (Å²) in [5, 5.41) is 3.01. The van der Waals surface area contributed by atoms with Crippen molar-refractivity contribution < 1.29 is 4.79 Å². The topological polar surface area (TPSA) is 58.4 Å². The van der Waals surface area contributed by atoms with Crippen LogP contribution in [-0.2, 0) is 4.79 Å². The van der Waals surface area contributed by atoms with Crippen LogP contribution < -0.4 is 11.1 Å². The molecule has 0 aromatic rings. The van der Waals surface area contributed by atoms with Crippen LogP contribution in [0.4, 0.5) is 0 Å². The molecule has 0 aromatic carbocycles. The van der Waals surface area contributed by atoms with E-state index < -0.39 is 0 Å². The molecule has 1 aliphatic heterocycles. The Kier molecular flexibility index (Phi) is 5.92. The SMILES string of the molecule is CC(C)C[C@H](N)C(=O)NC(C)CN1CCCC1. The smallest absolute Gasteiger partial charge is 0.237 e. The summed E-state index contributed by atoms with van der Waals surface area (Å²) in [6, 6.07) is -0.171. The lowest BCUT2D eigenvalue weighted by atomic mass is 10.0. The van der Waals surface area contributed by atoms with Crippen molar-refractivity contribution in [1.82, 2.24) is 10.2 Å². The van der Waals surface area contributed by atoms with Gasteiger partial charge in [-0.2, -0.15) is 0 Å². The Labute approximate surface area is 105 Å². The zero-order chi connectivity index (χ0) is 12.8. The number of rotatable bonds is 6. The van der Waals surface area contributed by atoms with Crippen molar-refractivity contribution in [3.63, 3.8) is 0 Å². The predicted octanol–water partition coefficient (Wildman–Crippen LogP) is 0.960. The predicted molar refractivity (Wildman–Crippen MR) is 70.7 cm³/mol. The molecule has 1 heterocycles. The Morgan fingerprint density at radius 1 is 1.29 bits per heavy atom. The molecule has 1 rings (SSSR count). The molecular formula is C13H27N3O. The lowest BCUT2D eigenvalue weighted by Gasteiger charge is -2.23. The van der Waals surface area contributed by atoms with Crippen LogP contribution in [0.1, 0.15) is 40.0 Å². The number of carbonyl (C=O) groups excluding carboxylic acids is 1. The monoisotopic (exact) mass is 241 g/mol. The van der Waals surface area contributed by atoms with Gasteiger partial charge in [-0.25, -0.2) is 0 Å². The van der Waals surface area contributed by atoms with Crippen LogP contribution in [0.5, 0.6) is 0 Å². The Hall–Kier alpha value is -0.610. The zero-order valence-electron chi connectivity index (χ0n) is 11.4. The molecule has 3 N–H and O–H groups in total. The first-order chi connectivity index (χ1) is 7.99. The van der Waals surface area contributed by atoms with E-state index in [2.05, 4.69) is 31.0 Å². The fourth-order valence-corrected chi connectivity index (χ4v) is 2.36. The van der Waals surface area contributed by atoms with E-state index in [9.17, 15) is 4.79 Å². The van der Waals surface area contributed by atoms with Gasteiger partial charge in [-0.15, -0.1) is 0 Å². The molecule has 1 aliphatic rings. The highest BCUT2D eigenvalue weighted by Gasteiger charge is 2.19. The van der Waals surface area contributed by atoms with E-state index >= 15 is 0 Å². The van der Waals surface area contributed by atoms with Crippen molar-refractivity contribution in [3.05, 3.63) is 0 Å². The van der Waals surface area contributed by atoms with E-state index in [1.165, 1.54) is 12.8 Å². The summed E-state index contributed by atoms with van der Waals surface area (Å²) >= 11 is 0. The summed E-state index contributed by atoms with van der Waals surface area (Å²) in [7, 11) is 0. The molecule has 0 bridgehead atoms. The molecule has 4 nitrogen and oxygen atoms in total. The molecule has 2 atom stereocenters. The van der Waals surface area contributed by atoms with Gasteiger partial charge >= 0.3 is 0 Å². The zero-order valence-corrected chi connectivity index (χ0v) is 11.4. The molecular weight excluding hydrogens is 214 g/mol. The second kappa shape index (κ2) is 6.97. The van der Waals surface area contributed by atoms with E-state index in [1.807, 2.05) is 0 Å². The van der Waals surface area contributed by atoms with Crippen LogP contribution in [0.2, 0.25) is 0 Å². The Morgan fingerprint density at radius 3 is 2.41 bits per heavy atom. The maximum Gasteiger partial charge on any atom is 0.237 e. The lowest BCUT2D eigenvalue weighted by Crippen LogP contribution is -2.48. The van der Waals surface area contributed by atoms with Crippen molar-refractivity contribution >= 4 is 5.91 Å². The third-order valence-electron chi connectivity index (χ3n) is 3.18. The minimum atomic E-state index is -0.365. The van der Waals surface area contributed by atoms with Gasteiger partial charge in [0.2, 0.25) is 5.91 Å². The molecule has 0 aliphatic carbocycles. The Balaban J connectivity index is 2.24. The largest absolute Gasteiger partial charge is 0.351 e. The first-order valence-corrected chi connectivity index (χ1v) is 6.77. The van der Waals surface area contributed by atoms with E-state index in [0.29, 0.717) is 5.92 Å². The maximum atomic E-state index is 11.8. The molecule has 0 aromatic heterocycles. The minimum absolute atomic E-state index is 0.00889. The maximum absolute atomic E-state index is 11.8. The number of carbonyl (C=O) groups is 1. The number of hydrogen-bond acceptors (Lipinski definition) is 3. The van der Waals surface area contributed by atoms with Crippen LogP contribution in [0.3, 0.4) is 0 Å². The molecule has 1 saturated heterocycles. The lowest BCUT2D eigenvalue weighted by molar-refractivity contribution is -0.123. The summed E-state index contributed by atoms with van der Waals surface area (Å²) in [4.78, 5) is 14.2. The van der Waals surface area contributed by atoms with Gasteiger partial charge in [0.15, 0.2) is 0 Å². The Morgan fingerprint density at radius 2 is 1.88 bits per heavy atom. The average Bonchev–Trinajstić information content (AvgIpc) is 2.68. The van der Waals surface area contributed by atoms with E-state index in [0.717, 1.165) is 26.1 Å². The highest BCUT2D eigenvalue weighted by Crippen LogP contribution is 2.08. The normalized spacial score (nSPS) is 20.5. The average molecular weight is 241 g/mol. The third-order valence-corrected chi connectivity index (χ3v) is 3.18. The molecule has 1 unspecified atom stereocenters. The molecule has 0 saturated carbocycles. The van der Waals surface area contributed by atoms with Gasteiger partial charge in [0.05, 0.1) is 6.04 Å². The molecule has 100 valence electrons. The van der Waals surface area contributed by atoms with Gasteiger partial charge in [0.25, 0.3) is 0 Å². The second-order valence-corrected chi connectivity index (χ2v) is 5.65. The number of nitrogens with one attached hydrogen (secondary N) is 1. The molecule has 0 radical (unpaired) electrons. The third kappa shape index (κ3) is 5.50. The number of hydrogen-bond donors (Lipinski definition) is 2. The van der Waals surface area contributed by atoms with Gasteiger partial charge in [-0.1, -0.05) is 13.8 Å². The fraction of sp³-hybridized carbons (Fsp3) is 0.923. The van der Waals surface area contributed by atoms with Crippen LogP contribution in [-0.4, -0.2) is 42.5 Å². The summed E-state index contributed by atoms with van der Waals surface area (Å²) in [6.07, 6.45) is 3.32. The summed E-state index contributed by atoms with van der Waals surface area (Å²) < 4.78 is 0. The van der Waals surface area contributed by atoms with Crippen molar-refractivity contribution in [1.29, 1.82) is 0 Å². The number of likely N-dealkylation sites (tertiary alicyclic amines) is 1. The van der Waals surface area contributed by atoms with Gasteiger partial charge in [-0.3, -0.25) is 4.79 Å². The highest BCUT2D eigenvalue weighted by molar-refractivity contribution is 5.81. The van der Waals surface area contributed by atoms with Crippen LogP contribution in [0.25, 0.3) is 0 Å². The van der Waals surface area contributed by atoms with Crippen molar-refractivity contribution in [2.24, 2.45) is 11.7 Å².